The molecule has 58 heavy (non-hydrogen) atoms. The van der Waals surface area contributed by atoms with E-state index in [1.54, 1.807) is 73.2 Å². The molecule has 0 saturated heterocycles. The van der Waals surface area contributed by atoms with E-state index < -0.39 is 24.2 Å². The minimum atomic E-state index is -4.95. The second kappa shape index (κ2) is 22.7. The van der Waals surface area contributed by atoms with Crippen LogP contribution in [0.5, 0.6) is 0 Å². The molecule has 17 heteroatoms. The van der Waals surface area contributed by atoms with Gasteiger partial charge in [0.25, 0.3) is 0 Å². The summed E-state index contributed by atoms with van der Waals surface area (Å²) in [6, 6.07) is 23.3. The second-order valence-corrected chi connectivity index (χ2v) is 15.0. The van der Waals surface area contributed by atoms with Crippen LogP contribution in [0.15, 0.2) is 106 Å². The molecule has 310 valence electrons. The van der Waals surface area contributed by atoms with Gasteiger partial charge >= 0.3 is 24.2 Å². The van der Waals surface area contributed by atoms with Crippen molar-refractivity contribution >= 4 is 81.4 Å². The van der Waals surface area contributed by atoms with Crippen LogP contribution >= 0.6 is 35.3 Å². The summed E-state index contributed by atoms with van der Waals surface area (Å²) >= 11 is 4.53. The third-order valence-corrected chi connectivity index (χ3v) is 10.3. The molecule has 0 aliphatic heterocycles. The van der Waals surface area contributed by atoms with Gasteiger partial charge in [-0.2, -0.15) is 26.3 Å². The highest BCUT2D eigenvalue weighted by molar-refractivity contribution is 8.21. The van der Waals surface area contributed by atoms with Crippen LogP contribution in [0.4, 0.5) is 49.1 Å². The molecule has 0 saturated carbocycles. The molecular weight excluding hydrogens is 823 g/mol. The van der Waals surface area contributed by atoms with Crippen molar-refractivity contribution in [3.63, 3.8) is 0 Å². The van der Waals surface area contributed by atoms with Crippen molar-refractivity contribution in [1.82, 2.24) is 0 Å². The van der Waals surface area contributed by atoms with Gasteiger partial charge in [-0.15, -0.1) is 35.3 Å². The minimum absolute atomic E-state index is 0.0378. The third-order valence-electron chi connectivity index (χ3n) is 7.59. The third kappa shape index (κ3) is 16.8. The number of carbonyl (C=O) groups is 4. The van der Waals surface area contributed by atoms with Gasteiger partial charge in [0.05, 0.1) is 5.03 Å². The number of benzene rings is 4. The van der Waals surface area contributed by atoms with Crippen molar-refractivity contribution in [3.8, 4) is 0 Å². The van der Waals surface area contributed by atoms with E-state index in [2.05, 4.69) is 5.32 Å². The molecule has 0 fully saturated rings. The number of alkyl halides is 6. The summed E-state index contributed by atoms with van der Waals surface area (Å²) in [6.45, 7) is 7.27. The smallest absolute Gasteiger partial charge is 0.399 e. The Morgan fingerprint density at radius 3 is 1.34 bits per heavy atom. The van der Waals surface area contributed by atoms with Crippen LogP contribution in [0.1, 0.15) is 43.0 Å². The summed E-state index contributed by atoms with van der Waals surface area (Å²) in [5, 5.41) is 7.21. The Morgan fingerprint density at radius 1 is 0.552 bits per heavy atom. The van der Waals surface area contributed by atoms with Gasteiger partial charge in [-0.05, 0) is 94.0 Å². The first-order valence-corrected chi connectivity index (χ1v) is 20.5. The zero-order chi connectivity index (χ0) is 43.8. The lowest BCUT2D eigenvalue weighted by Gasteiger charge is -2.14. The first-order chi connectivity index (χ1) is 27.1. The Kier molecular flexibility index (Phi) is 19.2. The van der Waals surface area contributed by atoms with Crippen LogP contribution in [0.25, 0.3) is 0 Å². The molecule has 0 radical (unpaired) electrons. The van der Waals surface area contributed by atoms with Crippen LogP contribution in [0.3, 0.4) is 0 Å². The molecule has 4 rings (SSSR count). The van der Waals surface area contributed by atoms with Gasteiger partial charge in [-0.1, -0.05) is 59.7 Å². The Morgan fingerprint density at radius 2 is 0.966 bits per heavy atom. The number of hydrogen-bond donors (Lipinski definition) is 4. The van der Waals surface area contributed by atoms with Gasteiger partial charge in [-0.3, -0.25) is 19.2 Å². The molecule has 0 atom stereocenters. The van der Waals surface area contributed by atoms with E-state index in [0.29, 0.717) is 33.1 Å². The monoisotopic (exact) mass is 864 g/mol. The molecule has 5 N–H and O–H groups in total. The molecule has 4 aromatic rings. The maximum atomic E-state index is 12.4. The van der Waals surface area contributed by atoms with Crippen molar-refractivity contribution in [3.05, 3.63) is 140 Å². The standard InChI is InChI=1S/C20H19F3N2O2S.C12H14OS2.C9H9F3N2O/c1-12-4-6-14(7-5-12)17(26)11-18(28-3)25-16-9-8-15(10-13(16)2)24-19(27)20(21,22)23;1-9-4-6-10(7-5-9)11(13)8-12(14-2)15-3;1-5-4-6(2-3-7(5)13)14-8(15)9(10,11)12/h4-11,25H,1-3H3,(H,24,27);4-8H,1-3H3;2-4H,13H2,1H3,(H,14,15)/b18-11-;;. The molecule has 0 unspecified atom stereocenters. The van der Waals surface area contributed by atoms with E-state index in [9.17, 15) is 45.5 Å². The van der Waals surface area contributed by atoms with E-state index in [1.165, 1.54) is 53.7 Å². The predicted octanol–water partition coefficient (Wildman–Crippen LogP) is 11.1. The van der Waals surface area contributed by atoms with Crippen LogP contribution in [-0.4, -0.2) is 54.5 Å². The number of amides is 2. The van der Waals surface area contributed by atoms with Crippen molar-refractivity contribution in [2.45, 2.75) is 40.0 Å². The van der Waals surface area contributed by atoms with Crippen molar-refractivity contribution < 1.29 is 45.5 Å². The molecular formula is C41H42F6N4O4S3. The number of halogens is 6. The van der Waals surface area contributed by atoms with Crippen LogP contribution in [0, 0.1) is 27.7 Å². The van der Waals surface area contributed by atoms with Gasteiger partial charge in [0.2, 0.25) is 0 Å². The largest absolute Gasteiger partial charge is 0.471 e. The number of thioether (sulfide) groups is 3. The van der Waals surface area contributed by atoms with E-state index in [0.717, 1.165) is 15.4 Å². The summed E-state index contributed by atoms with van der Waals surface area (Å²) < 4.78 is 73.7. The van der Waals surface area contributed by atoms with Gasteiger partial charge in [0.1, 0.15) is 0 Å². The molecule has 0 bridgehead atoms. The van der Waals surface area contributed by atoms with E-state index in [-0.39, 0.29) is 22.9 Å². The lowest BCUT2D eigenvalue weighted by Crippen LogP contribution is -2.29. The van der Waals surface area contributed by atoms with E-state index in [1.807, 2.05) is 68.1 Å². The lowest BCUT2D eigenvalue weighted by atomic mass is 10.1. The number of hydrogen-bond acceptors (Lipinski definition) is 9. The van der Waals surface area contributed by atoms with Crippen molar-refractivity contribution in [1.29, 1.82) is 0 Å². The summed E-state index contributed by atoms with van der Waals surface area (Å²) in [4.78, 5) is 45.8. The van der Waals surface area contributed by atoms with Crippen molar-refractivity contribution in [2.24, 2.45) is 0 Å². The number of allylic oxidation sites excluding steroid dienone is 2. The molecule has 4 aromatic carbocycles. The summed E-state index contributed by atoms with van der Waals surface area (Å²) in [5.41, 5.74) is 11.4. The highest BCUT2D eigenvalue weighted by Gasteiger charge is 2.39. The quantitative estimate of drug-likeness (QED) is 0.0504. The van der Waals surface area contributed by atoms with Crippen LogP contribution in [0.2, 0.25) is 0 Å². The normalized spacial score (nSPS) is 11.2. The van der Waals surface area contributed by atoms with Crippen LogP contribution in [-0.2, 0) is 9.59 Å². The van der Waals surface area contributed by atoms with Gasteiger partial charge in [0.15, 0.2) is 11.6 Å². The number of nitrogens with two attached hydrogens (primary N) is 1. The highest BCUT2D eigenvalue weighted by atomic mass is 32.2. The molecule has 8 nitrogen and oxygen atoms in total. The van der Waals surface area contributed by atoms with E-state index >= 15 is 0 Å². The molecule has 0 heterocycles. The average molecular weight is 865 g/mol. The van der Waals surface area contributed by atoms with Crippen LogP contribution < -0.4 is 21.7 Å². The number of ketones is 2. The second-order valence-electron chi connectivity index (χ2n) is 12.2. The fourth-order valence-corrected chi connectivity index (χ4v) is 5.90. The summed E-state index contributed by atoms with van der Waals surface area (Å²) in [7, 11) is 0. The first-order valence-electron chi connectivity index (χ1n) is 16.8. The highest BCUT2D eigenvalue weighted by Crippen LogP contribution is 2.27. The molecule has 0 aliphatic rings. The van der Waals surface area contributed by atoms with Gasteiger partial charge in [0, 0.05) is 50.3 Å². The minimum Gasteiger partial charge on any atom is -0.399 e. The maximum Gasteiger partial charge on any atom is 0.471 e. The predicted molar refractivity (Wildman–Crippen MR) is 227 cm³/mol. The molecule has 0 aliphatic carbocycles. The fourth-order valence-electron chi connectivity index (χ4n) is 4.35. The Bertz CT molecular complexity index is 2110. The summed E-state index contributed by atoms with van der Waals surface area (Å²) in [5.74, 6) is -4.11. The topological polar surface area (TPSA) is 130 Å². The lowest BCUT2D eigenvalue weighted by molar-refractivity contribution is -0.167. The number of carbonyl (C=O) groups excluding carboxylic acids is 4. The number of nitrogens with one attached hydrogen (secondary N) is 3. The number of nitrogen functional groups attached to an aromatic ring is 1. The van der Waals surface area contributed by atoms with Gasteiger partial charge < -0.3 is 21.7 Å². The Balaban J connectivity index is 0.000000327. The number of anilines is 4. The SMILES string of the molecule is CS/C(=C\C(=O)c1ccc(C)cc1)Nc1ccc(NC(=O)C(F)(F)F)cc1C.CSC(=CC(=O)c1ccc(C)cc1)SC.Cc1cc(NC(=O)C(F)(F)F)ccc1N. The zero-order valence-corrected chi connectivity index (χ0v) is 34.9. The Hall–Kier alpha value is -5.13. The van der Waals surface area contributed by atoms with Crippen molar-refractivity contribution in [2.75, 3.05) is 40.5 Å². The number of aryl methyl sites for hydroxylation is 4. The Labute approximate surface area is 345 Å². The first kappa shape index (κ1) is 49.0. The van der Waals surface area contributed by atoms with Gasteiger partial charge in [-0.25, -0.2) is 0 Å². The zero-order valence-electron chi connectivity index (χ0n) is 32.4. The van der Waals surface area contributed by atoms with E-state index in [4.69, 9.17) is 5.73 Å². The maximum absolute atomic E-state index is 12.4. The number of rotatable bonds is 11. The average Bonchev–Trinajstić information content (AvgIpc) is 3.16. The molecule has 0 spiro atoms. The molecule has 2 amide bonds. The molecule has 0 aromatic heterocycles. The summed E-state index contributed by atoms with van der Waals surface area (Å²) in [6.07, 6.45) is -0.913. The fraction of sp³-hybridized carbons (Fsp3) is 0.220.